The number of thioether (sulfide) groups is 1. The number of halogens is 1. The highest BCUT2D eigenvalue weighted by atomic mass is 35.5. The summed E-state index contributed by atoms with van der Waals surface area (Å²) in [7, 11) is 0. The third kappa shape index (κ3) is 6.00. The van der Waals surface area contributed by atoms with Crippen LogP contribution in [0.2, 0.25) is 5.15 Å². The normalized spacial score (nSPS) is 15.3. The molecule has 1 saturated heterocycles. The first-order valence-corrected chi connectivity index (χ1v) is 13.1. The Balaban J connectivity index is 1.19. The monoisotopic (exact) mass is 510 g/mol. The second-order valence-corrected chi connectivity index (χ2v) is 10.2. The molecule has 0 unspecified atom stereocenters. The van der Waals surface area contributed by atoms with Crippen molar-refractivity contribution >= 4 is 35.1 Å². The van der Waals surface area contributed by atoms with E-state index in [1.54, 1.807) is 0 Å². The minimum Gasteiger partial charge on any atom is -0.454 e. The number of carbonyl (C=O) groups excluding carboxylic acids is 1. The van der Waals surface area contributed by atoms with Gasteiger partial charge in [0, 0.05) is 37.0 Å². The number of nitrogens with zero attached hydrogens (tertiary/aromatic N) is 3. The Labute approximate surface area is 214 Å². The van der Waals surface area contributed by atoms with Crippen molar-refractivity contribution in [2.75, 3.05) is 24.8 Å². The van der Waals surface area contributed by atoms with E-state index in [2.05, 4.69) is 22.1 Å². The average molecular weight is 511 g/mol. The summed E-state index contributed by atoms with van der Waals surface area (Å²) in [5.74, 6) is 3.58. The van der Waals surface area contributed by atoms with Crippen LogP contribution in [0.4, 0.5) is 5.82 Å². The molecule has 0 bridgehead atoms. The highest BCUT2D eigenvalue weighted by Gasteiger charge is 2.19. The molecule has 182 valence electrons. The van der Waals surface area contributed by atoms with Gasteiger partial charge in [0.1, 0.15) is 11.0 Å². The maximum atomic E-state index is 12.7. The maximum Gasteiger partial charge on any atom is 0.251 e. The molecule has 35 heavy (non-hydrogen) atoms. The van der Waals surface area contributed by atoms with Gasteiger partial charge in [-0.15, -0.1) is 0 Å². The van der Waals surface area contributed by atoms with E-state index in [0.29, 0.717) is 33.9 Å². The van der Waals surface area contributed by atoms with Crippen molar-refractivity contribution in [3.05, 3.63) is 70.4 Å². The van der Waals surface area contributed by atoms with Crippen molar-refractivity contribution in [3.8, 4) is 11.5 Å². The van der Waals surface area contributed by atoms with Gasteiger partial charge in [-0.05, 0) is 54.2 Å². The SMILES string of the molecule is CC1CCN(c2cc(Cl)nc(SCc3cccc(C(=O)NCc4ccc5c(c4)OCO5)c3)n2)CC1. The van der Waals surface area contributed by atoms with Gasteiger partial charge in [-0.2, -0.15) is 0 Å². The van der Waals surface area contributed by atoms with Crippen LogP contribution in [0.15, 0.2) is 53.7 Å². The quantitative estimate of drug-likeness (QED) is 0.262. The van der Waals surface area contributed by atoms with Crippen molar-refractivity contribution in [1.82, 2.24) is 15.3 Å². The summed E-state index contributed by atoms with van der Waals surface area (Å²) in [5, 5.41) is 4.07. The van der Waals surface area contributed by atoms with Crippen molar-refractivity contribution in [2.45, 2.75) is 37.2 Å². The van der Waals surface area contributed by atoms with Crippen LogP contribution in [-0.4, -0.2) is 35.8 Å². The van der Waals surface area contributed by atoms with Crippen molar-refractivity contribution in [1.29, 1.82) is 0 Å². The van der Waals surface area contributed by atoms with E-state index in [1.807, 2.05) is 48.5 Å². The molecule has 0 atom stereocenters. The predicted octanol–water partition coefficient (Wildman–Crippen LogP) is 5.32. The average Bonchev–Trinajstić information content (AvgIpc) is 3.34. The van der Waals surface area contributed by atoms with Crippen LogP contribution in [0.3, 0.4) is 0 Å². The number of carbonyl (C=O) groups is 1. The van der Waals surface area contributed by atoms with Gasteiger partial charge >= 0.3 is 0 Å². The molecule has 1 fully saturated rings. The first-order chi connectivity index (χ1) is 17.0. The number of aromatic nitrogens is 2. The molecule has 0 saturated carbocycles. The molecule has 1 amide bonds. The number of hydrogen-bond donors (Lipinski definition) is 1. The first kappa shape index (κ1) is 23.8. The van der Waals surface area contributed by atoms with E-state index in [4.69, 9.17) is 26.1 Å². The minimum atomic E-state index is -0.130. The highest BCUT2D eigenvalue weighted by molar-refractivity contribution is 7.98. The lowest BCUT2D eigenvalue weighted by Gasteiger charge is -2.31. The number of nitrogens with one attached hydrogen (secondary N) is 1. The second-order valence-electron chi connectivity index (χ2n) is 8.86. The lowest BCUT2D eigenvalue weighted by atomic mass is 9.99. The Morgan fingerprint density at radius 3 is 2.77 bits per heavy atom. The van der Waals surface area contributed by atoms with Gasteiger partial charge in [-0.1, -0.05) is 48.5 Å². The van der Waals surface area contributed by atoms with E-state index in [-0.39, 0.29) is 12.7 Å². The van der Waals surface area contributed by atoms with E-state index >= 15 is 0 Å². The smallest absolute Gasteiger partial charge is 0.251 e. The van der Waals surface area contributed by atoms with E-state index in [0.717, 1.165) is 54.5 Å². The molecular formula is C26H27ClN4O3S. The van der Waals surface area contributed by atoms with Crippen LogP contribution in [0.1, 0.15) is 41.3 Å². The molecule has 3 heterocycles. The van der Waals surface area contributed by atoms with Crippen LogP contribution >= 0.6 is 23.4 Å². The van der Waals surface area contributed by atoms with E-state index in [9.17, 15) is 4.79 Å². The van der Waals surface area contributed by atoms with Crippen LogP contribution < -0.4 is 19.7 Å². The van der Waals surface area contributed by atoms with Gasteiger partial charge in [0.25, 0.3) is 5.91 Å². The van der Waals surface area contributed by atoms with Crippen molar-refractivity contribution < 1.29 is 14.3 Å². The molecule has 0 aliphatic carbocycles. The van der Waals surface area contributed by atoms with Crippen LogP contribution in [0, 0.1) is 5.92 Å². The van der Waals surface area contributed by atoms with Crippen LogP contribution in [0.25, 0.3) is 0 Å². The molecule has 7 nitrogen and oxygen atoms in total. The van der Waals surface area contributed by atoms with Gasteiger partial charge in [-0.3, -0.25) is 4.79 Å². The molecule has 0 spiro atoms. The minimum absolute atomic E-state index is 0.130. The summed E-state index contributed by atoms with van der Waals surface area (Å²) in [6.07, 6.45) is 2.32. The largest absolute Gasteiger partial charge is 0.454 e. The number of piperidine rings is 1. The number of fused-ring (bicyclic) bond motifs is 1. The maximum absolute atomic E-state index is 12.7. The fraction of sp³-hybridized carbons (Fsp3) is 0.346. The van der Waals surface area contributed by atoms with E-state index < -0.39 is 0 Å². The van der Waals surface area contributed by atoms with Crippen LogP contribution in [0.5, 0.6) is 11.5 Å². The molecule has 0 radical (unpaired) electrons. The fourth-order valence-corrected chi connectivity index (χ4v) is 5.16. The van der Waals surface area contributed by atoms with Gasteiger partial charge in [-0.25, -0.2) is 9.97 Å². The Hall–Kier alpha value is -2.97. The topological polar surface area (TPSA) is 76.6 Å². The Bertz CT molecular complexity index is 1220. The van der Waals surface area contributed by atoms with Gasteiger partial charge in [0.05, 0.1) is 0 Å². The lowest BCUT2D eigenvalue weighted by molar-refractivity contribution is 0.0950. The third-order valence-electron chi connectivity index (χ3n) is 6.22. The number of rotatable bonds is 7. The molecule has 1 N–H and O–H groups in total. The molecule has 2 aromatic carbocycles. The molecular weight excluding hydrogens is 484 g/mol. The zero-order valence-corrected chi connectivity index (χ0v) is 21.1. The molecule has 5 rings (SSSR count). The lowest BCUT2D eigenvalue weighted by Crippen LogP contribution is -2.33. The zero-order valence-electron chi connectivity index (χ0n) is 19.5. The standard InChI is InChI=1S/C26H27ClN4O3S/c1-17-7-9-31(10-8-17)24-13-23(27)29-26(30-24)35-15-19-3-2-4-20(11-19)25(32)28-14-18-5-6-21-22(12-18)34-16-33-21/h2-6,11-13,17H,7-10,14-16H2,1H3,(H,28,32). The number of ether oxygens (including phenoxy) is 2. The summed E-state index contributed by atoms with van der Waals surface area (Å²) in [4.78, 5) is 24.2. The van der Waals surface area contributed by atoms with Crippen molar-refractivity contribution in [2.24, 2.45) is 5.92 Å². The number of amides is 1. The highest BCUT2D eigenvalue weighted by Crippen LogP contribution is 2.32. The molecule has 2 aliphatic heterocycles. The number of benzene rings is 2. The molecule has 1 aromatic heterocycles. The Morgan fingerprint density at radius 2 is 1.91 bits per heavy atom. The second kappa shape index (κ2) is 10.7. The van der Waals surface area contributed by atoms with E-state index in [1.165, 1.54) is 11.8 Å². The van der Waals surface area contributed by atoms with Crippen LogP contribution in [-0.2, 0) is 12.3 Å². The molecule has 2 aliphatic rings. The predicted molar refractivity (Wildman–Crippen MR) is 137 cm³/mol. The molecule has 3 aromatic rings. The summed E-state index contributed by atoms with van der Waals surface area (Å²) in [6.45, 7) is 4.90. The first-order valence-electron chi connectivity index (χ1n) is 11.7. The summed E-state index contributed by atoms with van der Waals surface area (Å²) in [6, 6.07) is 15.1. The number of anilines is 1. The van der Waals surface area contributed by atoms with Gasteiger partial charge in [0.2, 0.25) is 6.79 Å². The Kier molecular flexibility index (Phi) is 7.29. The number of hydrogen-bond acceptors (Lipinski definition) is 7. The fourth-order valence-electron chi connectivity index (χ4n) is 4.14. The summed E-state index contributed by atoms with van der Waals surface area (Å²) in [5.41, 5.74) is 2.58. The molecule has 9 heteroatoms. The zero-order chi connectivity index (χ0) is 24.2. The summed E-state index contributed by atoms with van der Waals surface area (Å²) >= 11 is 7.82. The summed E-state index contributed by atoms with van der Waals surface area (Å²) < 4.78 is 10.7. The third-order valence-corrected chi connectivity index (χ3v) is 7.33. The van der Waals surface area contributed by atoms with Gasteiger partial charge < -0.3 is 19.7 Å². The van der Waals surface area contributed by atoms with Crippen molar-refractivity contribution in [3.63, 3.8) is 0 Å². The van der Waals surface area contributed by atoms with Gasteiger partial charge in [0.15, 0.2) is 16.7 Å². The Morgan fingerprint density at radius 1 is 1.09 bits per heavy atom.